The van der Waals surface area contributed by atoms with Crippen LogP contribution in [0.15, 0.2) is 34.2 Å². The van der Waals surface area contributed by atoms with Gasteiger partial charge >= 0.3 is 0 Å². The van der Waals surface area contributed by atoms with Crippen LogP contribution in [0.5, 0.6) is 0 Å². The van der Waals surface area contributed by atoms with E-state index >= 15 is 0 Å². The summed E-state index contributed by atoms with van der Waals surface area (Å²) >= 11 is 1.55. The zero-order valence-corrected chi connectivity index (χ0v) is 16.9. The van der Waals surface area contributed by atoms with E-state index in [1.807, 2.05) is 25.0 Å². The molecule has 6 nitrogen and oxygen atoms in total. The van der Waals surface area contributed by atoms with Crippen LogP contribution in [0.2, 0.25) is 0 Å². The Labute approximate surface area is 166 Å². The highest BCUT2D eigenvalue weighted by Gasteiger charge is 2.40. The summed E-state index contributed by atoms with van der Waals surface area (Å²) < 4.78 is 14.9. The fraction of sp³-hybridized carbons (Fsp3) is 0.400. The second-order valence-corrected chi connectivity index (χ2v) is 8.19. The third-order valence-corrected chi connectivity index (χ3v) is 6.06. The van der Waals surface area contributed by atoms with Gasteiger partial charge in [0.05, 0.1) is 18.4 Å². The van der Waals surface area contributed by atoms with Crippen LogP contribution in [0.3, 0.4) is 0 Å². The molecule has 3 aromatic heterocycles. The fourth-order valence-electron chi connectivity index (χ4n) is 3.64. The summed E-state index contributed by atoms with van der Waals surface area (Å²) in [6.45, 7) is 5.16. The molecule has 0 saturated heterocycles. The third-order valence-electron chi connectivity index (χ3n) is 5.09. The molecule has 0 N–H and O–H groups in total. The van der Waals surface area contributed by atoms with Gasteiger partial charge in [-0.3, -0.25) is 9.20 Å². The normalized spacial score (nSPS) is 18.9. The summed E-state index contributed by atoms with van der Waals surface area (Å²) in [5, 5.41) is 0. The predicted octanol–water partition coefficient (Wildman–Crippen LogP) is 3.43. The second-order valence-electron chi connectivity index (χ2n) is 7.01. The third kappa shape index (κ3) is 3.44. The average Bonchev–Trinajstić information content (AvgIpc) is 3.33. The van der Waals surface area contributed by atoms with E-state index in [0.29, 0.717) is 36.4 Å². The molecule has 1 fully saturated rings. The molecule has 4 rings (SSSR count). The maximum Gasteiger partial charge on any atom is 0.259 e. The van der Waals surface area contributed by atoms with Crippen molar-refractivity contribution in [2.24, 2.45) is 10.9 Å². The lowest BCUT2D eigenvalue weighted by Gasteiger charge is -2.21. The van der Waals surface area contributed by atoms with E-state index in [1.165, 1.54) is 12.3 Å². The molecule has 146 valence electrons. The molecule has 8 heteroatoms. The van der Waals surface area contributed by atoms with Crippen LogP contribution in [0.4, 0.5) is 10.2 Å². The van der Waals surface area contributed by atoms with Gasteiger partial charge in [-0.2, -0.15) is 0 Å². The van der Waals surface area contributed by atoms with Gasteiger partial charge in [-0.25, -0.2) is 14.4 Å². The Morgan fingerprint density at radius 3 is 2.96 bits per heavy atom. The maximum absolute atomic E-state index is 13.2. The van der Waals surface area contributed by atoms with Crippen LogP contribution in [0.1, 0.15) is 35.5 Å². The molecular formula is C20H22FN5OS. The second kappa shape index (κ2) is 7.43. The molecular weight excluding hydrogens is 377 g/mol. The van der Waals surface area contributed by atoms with Crippen molar-refractivity contribution in [2.75, 3.05) is 18.5 Å². The molecule has 0 aliphatic heterocycles. The molecule has 0 amide bonds. The fourth-order valence-corrected chi connectivity index (χ4v) is 4.71. The van der Waals surface area contributed by atoms with Crippen molar-refractivity contribution in [2.45, 2.75) is 32.7 Å². The number of pyridine rings is 1. The number of hydrogen-bond acceptors (Lipinski definition) is 6. The van der Waals surface area contributed by atoms with Crippen LogP contribution >= 0.6 is 11.3 Å². The highest BCUT2D eigenvalue weighted by Crippen LogP contribution is 2.48. The molecule has 3 aromatic rings. The molecule has 2 atom stereocenters. The summed E-state index contributed by atoms with van der Waals surface area (Å²) in [7, 11) is 1.78. The minimum absolute atomic E-state index is 0.0541. The van der Waals surface area contributed by atoms with Crippen molar-refractivity contribution in [1.29, 1.82) is 0 Å². The molecule has 0 spiro atoms. The SMILES string of the molecule is CCN(Cc1cc(=O)n2c(C3CC3/C=N/C)c(C)sc2n1)c1ccc(F)cn1. The van der Waals surface area contributed by atoms with Crippen molar-refractivity contribution < 1.29 is 4.39 Å². The van der Waals surface area contributed by atoms with Gasteiger partial charge in [0.1, 0.15) is 11.6 Å². The molecule has 0 bridgehead atoms. The van der Waals surface area contributed by atoms with E-state index < -0.39 is 0 Å². The van der Waals surface area contributed by atoms with Gasteiger partial charge < -0.3 is 9.89 Å². The number of fused-ring (bicyclic) bond motifs is 1. The monoisotopic (exact) mass is 399 g/mol. The molecule has 1 saturated carbocycles. The zero-order valence-electron chi connectivity index (χ0n) is 16.1. The lowest BCUT2D eigenvalue weighted by atomic mass is 10.2. The minimum atomic E-state index is -0.370. The number of thiazole rings is 1. The average molecular weight is 399 g/mol. The van der Waals surface area contributed by atoms with Gasteiger partial charge in [0.2, 0.25) is 0 Å². The number of halogens is 1. The maximum atomic E-state index is 13.2. The Morgan fingerprint density at radius 2 is 2.29 bits per heavy atom. The Kier molecular flexibility index (Phi) is 4.97. The van der Waals surface area contributed by atoms with Crippen LogP contribution in [0, 0.1) is 18.7 Å². The summed E-state index contributed by atoms with van der Waals surface area (Å²) in [5.74, 6) is 1.05. The topological polar surface area (TPSA) is 62.9 Å². The van der Waals surface area contributed by atoms with E-state index in [-0.39, 0.29) is 11.4 Å². The minimum Gasteiger partial charge on any atom is -0.351 e. The van der Waals surface area contributed by atoms with Gasteiger partial charge in [-0.15, -0.1) is 11.3 Å². The van der Waals surface area contributed by atoms with Crippen LogP contribution < -0.4 is 10.5 Å². The first-order chi connectivity index (χ1) is 13.5. The first kappa shape index (κ1) is 18.7. The van der Waals surface area contributed by atoms with Crippen LogP contribution in [-0.4, -0.2) is 34.2 Å². The number of aryl methyl sites for hydroxylation is 1. The highest BCUT2D eigenvalue weighted by atomic mass is 32.1. The van der Waals surface area contributed by atoms with Gasteiger partial charge in [-0.1, -0.05) is 0 Å². The van der Waals surface area contributed by atoms with Crippen molar-refractivity contribution in [1.82, 2.24) is 14.4 Å². The van der Waals surface area contributed by atoms with Crippen molar-refractivity contribution in [3.05, 3.63) is 56.8 Å². The Morgan fingerprint density at radius 1 is 1.46 bits per heavy atom. The first-order valence-electron chi connectivity index (χ1n) is 9.32. The zero-order chi connectivity index (χ0) is 19.8. The van der Waals surface area contributed by atoms with Gasteiger partial charge in [-0.05, 0) is 32.4 Å². The van der Waals surface area contributed by atoms with Gasteiger partial charge in [0.15, 0.2) is 4.96 Å². The highest BCUT2D eigenvalue weighted by molar-refractivity contribution is 7.17. The lowest BCUT2D eigenvalue weighted by Crippen LogP contribution is -2.25. The number of rotatable bonds is 6. The number of hydrogen-bond donors (Lipinski definition) is 0. The Bertz CT molecular complexity index is 1090. The molecule has 1 aliphatic rings. The van der Waals surface area contributed by atoms with Crippen molar-refractivity contribution in [3.8, 4) is 0 Å². The van der Waals surface area contributed by atoms with E-state index in [0.717, 1.165) is 22.0 Å². The summed E-state index contributed by atoms with van der Waals surface area (Å²) in [6.07, 6.45) is 4.19. The number of aromatic nitrogens is 3. The quantitative estimate of drug-likeness (QED) is 0.596. The van der Waals surface area contributed by atoms with E-state index in [2.05, 4.69) is 9.98 Å². The van der Waals surface area contributed by atoms with E-state index in [9.17, 15) is 9.18 Å². The van der Waals surface area contributed by atoms with Gasteiger partial charge in [0.25, 0.3) is 5.56 Å². The number of nitrogens with zero attached hydrogens (tertiary/aromatic N) is 5. The van der Waals surface area contributed by atoms with Gasteiger partial charge in [0, 0.05) is 48.3 Å². The molecule has 2 unspecified atom stereocenters. The van der Waals surface area contributed by atoms with Crippen molar-refractivity contribution in [3.63, 3.8) is 0 Å². The molecule has 28 heavy (non-hydrogen) atoms. The predicted molar refractivity (Wildman–Crippen MR) is 110 cm³/mol. The molecule has 0 radical (unpaired) electrons. The Hall–Kier alpha value is -2.61. The Balaban J connectivity index is 1.66. The standard InChI is InChI=1S/C20H22FN5OS/c1-4-25(17-6-5-14(21)10-23-17)11-15-8-18(27)26-19(12(2)28-20(26)24-15)16-7-13(16)9-22-3/h5-6,8-10,13,16H,4,7,11H2,1-3H3/b22-9+. The lowest BCUT2D eigenvalue weighted by molar-refractivity contribution is 0.620. The van der Waals surface area contributed by atoms with Crippen molar-refractivity contribution >= 4 is 28.3 Å². The number of anilines is 1. The molecule has 1 aliphatic carbocycles. The molecule has 3 heterocycles. The largest absolute Gasteiger partial charge is 0.351 e. The number of aliphatic imine (C=N–C) groups is 1. The smallest absolute Gasteiger partial charge is 0.259 e. The van der Waals surface area contributed by atoms with E-state index in [4.69, 9.17) is 4.98 Å². The summed E-state index contributed by atoms with van der Waals surface area (Å²) in [4.78, 5) is 29.7. The van der Waals surface area contributed by atoms with Crippen LogP contribution in [-0.2, 0) is 6.54 Å². The van der Waals surface area contributed by atoms with E-state index in [1.54, 1.807) is 34.9 Å². The first-order valence-corrected chi connectivity index (χ1v) is 10.1. The summed E-state index contributed by atoms with van der Waals surface area (Å²) in [6, 6.07) is 4.62. The van der Waals surface area contributed by atoms with Crippen LogP contribution in [0.25, 0.3) is 4.96 Å². The molecule has 0 aromatic carbocycles. The summed E-state index contributed by atoms with van der Waals surface area (Å²) in [5.41, 5.74) is 1.70.